The molecule has 2 aromatic rings. The lowest BCUT2D eigenvalue weighted by molar-refractivity contribution is 0.213. The zero-order valence-corrected chi connectivity index (χ0v) is 11.2. The Morgan fingerprint density at radius 1 is 1.16 bits per heavy atom. The molecule has 6 heteroatoms. The molecule has 1 aromatic heterocycles. The van der Waals surface area contributed by atoms with Gasteiger partial charge in [-0.3, -0.25) is 4.90 Å². The van der Waals surface area contributed by atoms with Crippen molar-refractivity contribution in [2.45, 2.75) is 6.54 Å². The monoisotopic (exact) mass is 278 g/mol. The van der Waals surface area contributed by atoms with Gasteiger partial charge in [0.2, 0.25) is 11.8 Å². The van der Waals surface area contributed by atoms with E-state index in [0.717, 1.165) is 31.7 Å². The van der Waals surface area contributed by atoms with Crippen LogP contribution in [0.2, 0.25) is 5.02 Å². The van der Waals surface area contributed by atoms with Crippen LogP contribution < -0.4 is 5.32 Å². The zero-order valence-electron chi connectivity index (χ0n) is 10.5. The third-order valence-corrected chi connectivity index (χ3v) is 3.38. The Labute approximate surface area is 116 Å². The van der Waals surface area contributed by atoms with Crippen molar-refractivity contribution in [1.82, 2.24) is 20.4 Å². The zero-order chi connectivity index (χ0) is 13.1. The highest BCUT2D eigenvalue weighted by Gasteiger charge is 2.14. The van der Waals surface area contributed by atoms with Gasteiger partial charge in [0.05, 0.1) is 6.54 Å². The van der Waals surface area contributed by atoms with Gasteiger partial charge in [0.1, 0.15) is 0 Å². The summed E-state index contributed by atoms with van der Waals surface area (Å²) in [5, 5.41) is 12.2. The molecule has 0 spiro atoms. The van der Waals surface area contributed by atoms with E-state index in [1.165, 1.54) is 0 Å². The minimum atomic E-state index is 0.543. The van der Waals surface area contributed by atoms with Gasteiger partial charge in [-0.25, -0.2) is 0 Å². The van der Waals surface area contributed by atoms with E-state index >= 15 is 0 Å². The summed E-state index contributed by atoms with van der Waals surface area (Å²) < 4.78 is 5.68. The molecule has 1 aliphatic rings. The lowest BCUT2D eigenvalue weighted by Crippen LogP contribution is -2.42. The van der Waals surface area contributed by atoms with Gasteiger partial charge in [0.15, 0.2) is 0 Å². The predicted molar refractivity (Wildman–Crippen MR) is 72.9 cm³/mol. The van der Waals surface area contributed by atoms with Crippen LogP contribution in [0.3, 0.4) is 0 Å². The number of aromatic nitrogens is 2. The van der Waals surface area contributed by atoms with Gasteiger partial charge >= 0.3 is 0 Å². The SMILES string of the molecule is Clc1ccc(-c2nnc(CN3CCNCC3)o2)cc1. The topological polar surface area (TPSA) is 54.2 Å². The summed E-state index contributed by atoms with van der Waals surface area (Å²) in [7, 11) is 0. The third-order valence-electron chi connectivity index (χ3n) is 3.13. The Bertz CT molecular complexity index is 534. The largest absolute Gasteiger partial charge is 0.419 e. The van der Waals surface area contributed by atoms with Crippen molar-refractivity contribution in [2.75, 3.05) is 26.2 Å². The minimum Gasteiger partial charge on any atom is -0.419 e. The second-order valence-corrected chi connectivity index (χ2v) is 4.97. The lowest BCUT2D eigenvalue weighted by atomic mass is 10.2. The molecule has 0 bridgehead atoms. The average molecular weight is 279 g/mol. The van der Waals surface area contributed by atoms with E-state index in [4.69, 9.17) is 16.0 Å². The van der Waals surface area contributed by atoms with E-state index in [-0.39, 0.29) is 0 Å². The van der Waals surface area contributed by atoms with Crippen LogP contribution in [-0.2, 0) is 6.54 Å². The Balaban J connectivity index is 1.70. The van der Waals surface area contributed by atoms with Crippen molar-refractivity contribution in [1.29, 1.82) is 0 Å². The van der Waals surface area contributed by atoms with Gasteiger partial charge < -0.3 is 9.73 Å². The summed E-state index contributed by atoms with van der Waals surface area (Å²) in [5.41, 5.74) is 0.892. The molecule has 5 nitrogen and oxygen atoms in total. The van der Waals surface area contributed by atoms with Gasteiger partial charge in [-0.1, -0.05) is 11.6 Å². The lowest BCUT2D eigenvalue weighted by Gasteiger charge is -2.25. The fraction of sp³-hybridized carbons (Fsp3) is 0.385. The maximum atomic E-state index is 5.85. The summed E-state index contributed by atoms with van der Waals surface area (Å²) in [5.74, 6) is 1.20. The smallest absolute Gasteiger partial charge is 0.247 e. The van der Waals surface area contributed by atoms with Gasteiger partial charge in [0, 0.05) is 36.8 Å². The molecular weight excluding hydrogens is 264 g/mol. The summed E-state index contributed by atoms with van der Waals surface area (Å²) in [6, 6.07) is 7.39. The Morgan fingerprint density at radius 2 is 1.89 bits per heavy atom. The van der Waals surface area contributed by atoms with Crippen molar-refractivity contribution in [3.63, 3.8) is 0 Å². The molecule has 100 valence electrons. The summed E-state index contributed by atoms with van der Waals surface area (Å²) in [6.45, 7) is 4.76. The molecule has 1 saturated heterocycles. The van der Waals surface area contributed by atoms with E-state index < -0.39 is 0 Å². The predicted octanol–water partition coefficient (Wildman–Crippen LogP) is 1.80. The van der Waals surface area contributed by atoms with E-state index in [9.17, 15) is 0 Å². The summed E-state index contributed by atoms with van der Waals surface area (Å²) in [4.78, 5) is 2.30. The molecule has 19 heavy (non-hydrogen) atoms. The molecule has 0 amide bonds. The molecule has 3 rings (SSSR count). The third kappa shape index (κ3) is 3.12. The van der Waals surface area contributed by atoms with Crippen LogP contribution in [0, 0.1) is 0 Å². The van der Waals surface area contributed by atoms with Crippen LogP contribution in [-0.4, -0.2) is 41.3 Å². The standard InChI is InChI=1S/C13H15ClN4O/c14-11-3-1-10(2-4-11)13-17-16-12(19-13)9-18-7-5-15-6-8-18/h1-4,15H,5-9H2. The fourth-order valence-corrected chi connectivity index (χ4v) is 2.21. The molecule has 1 aromatic carbocycles. The first-order valence-electron chi connectivity index (χ1n) is 6.33. The summed E-state index contributed by atoms with van der Waals surface area (Å²) in [6.07, 6.45) is 0. The van der Waals surface area contributed by atoms with Gasteiger partial charge in [0.25, 0.3) is 0 Å². The average Bonchev–Trinajstić information content (AvgIpc) is 2.89. The quantitative estimate of drug-likeness (QED) is 0.928. The van der Waals surface area contributed by atoms with Crippen LogP contribution in [0.25, 0.3) is 11.5 Å². The minimum absolute atomic E-state index is 0.543. The van der Waals surface area contributed by atoms with Crippen LogP contribution in [0.4, 0.5) is 0 Å². The van der Waals surface area contributed by atoms with E-state index in [1.54, 1.807) is 0 Å². The number of piperazine rings is 1. The second kappa shape index (κ2) is 5.69. The Kier molecular flexibility index (Phi) is 3.77. The Morgan fingerprint density at radius 3 is 2.63 bits per heavy atom. The summed E-state index contributed by atoms with van der Waals surface area (Å²) >= 11 is 5.85. The van der Waals surface area contributed by atoms with Crippen LogP contribution >= 0.6 is 11.6 Å². The highest BCUT2D eigenvalue weighted by molar-refractivity contribution is 6.30. The molecule has 1 aliphatic heterocycles. The van der Waals surface area contributed by atoms with E-state index in [1.807, 2.05) is 24.3 Å². The van der Waals surface area contributed by atoms with Crippen molar-refractivity contribution < 1.29 is 4.42 Å². The van der Waals surface area contributed by atoms with Crippen LogP contribution in [0.5, 0.6) is 0 Å². The number of nitrogens with one attached hydrogen (secondary N) is 1. The molecule has 0 saturated carbocycles. The second-order valence-electron chi connectivity index (χ2n) is 4.53. The van der Waals surface area contributed by atoms with Crippen LogP contribution in [0.1, 0.15) is 5.89 Å². The molecule has 0 atom stereocenters. The molecule has 1 N–H and O–H groups in total. The van der Waals surface area contributed by atoms with Gasteiger partial charge in [-0.2, -0.15) is 0 Å². The number of rotatable bonds is 3. The highest BCUT2D eigenvalue weighted by Crippen LogP contribution is 2.20. The number of benzene rings is 1. The number of halogens is 1. The maximum Gasteiger partial charge on any atom is 0.247 e. The molecule has 0 unspecified atom stereocenters. The fourth-order valence-electron chi connectivity index (χ4n) is 2.09. The van der Waals surface area contributed by atoms with E-state index in [2.05, 4.69) is 20.4 Å². The molecular formula is C13H15ClN4O. The number of nitrogens with zero attached hydrogens (tertiary/aromatic N) is 3. The first-order valence-corrected chi connectivity index (χ1v) is 6.70. The number of hydrogen-bond acceptors (Lipinski definition) is 5. The number of hydrogen-bond donors (Lipinski definition) is 1. The highest BCUT2D eigenvalue weighted by atomic mass is 35.5. The van der Waals surface area contributed by atoms with Gasteiger partial charge in [-0.15, -0.1) is 10.2 Å². The maximum absolute atomic E-state index is 5.85. The van der Waals surface area contributed by atoms with Crippen molar-refractivity contribution in [2.24, 2.45) is 0 Å². The first kappa shape index (κ1) is 12.6. The normalized spacial score (nSPS) is 16.7. The van der Waals surface area contributed by atoms with Crippen LogP contribution in [0.15, 0.2) is 28.7 Å². The molecule has 2 heterocycles. The first-order chi connectivity index (χ1) is 9.31. The van der Waals surface area contributed by atoms with Crippen molar-refractivity contribution >= 4 is 11.6 Å². The van der Waals surface area contributed by atoms with Gasteiger partial charge in [-0.05, 0) is 24.3 Å². The van der Waals surface area contributed by atoms with Crippen molar-refractivity contribution in [3.8, 4) is 11.5 Å². The molecule has 1 fully saturated rings. The van der Waals surface area contributed by atoms with Crippen molar-refractivity contribution in [3.05, 3.63) is 35.2 Å². The molecule has 0 radical (unpaired) electrons. The Hall–Kier alpha value is -1.43. The van der Waals surface area contributed by atoms with E-state index in [0.29, 0.717) is 23.3 Å². The molecule has 0 aliphatic carbocycles.